The van der Waals surface area contributed by atoms with Crippen LogP contribution in [0.5, 0.6) is 5.75 Å². The number of alkyl halides is 3. The van der Waals surface area contributed by atoms with Gasteiger partial charge < -0.3 is 14.0 Å². The molecule has 0 bridgehead atoms. The summed E-state index contributed by atoms with van der Waals surface area (Å²) in [6, 6.07) is 7.03. The SMILES string of the molecule is Cc1cc2cc(C#N)ccc2c(OS(=O)(=O)C(F)(F)F)c1C(OC(C)(C)C)C(=O)O. The molecule has 30 heavy (non-hydrogen) atoms. The Bertz CT molecular complexity index is 1140. The van der Waals surface area contributed by atoms with Crippen LogP contribution in [-0.4, -0.2) is 30.6 Å². The summed E-state index contributed by atoms with van der Waals surface area (Å²) in [7, 11) is -6.11. The Labute approximate surface area is 170 Å². The Morgan fingerprint density at radius 3 is 2.27 bits per heavy atom. The quantitative estimate of drug-likeness (QED) is 0.542. The van der Waals surface area contributed by atoms with E-state index in [-0.39, 0.29) is 27.5 Å². The van der Waals surface area contributed by atoms with Crippen LogP contribution in [-0.2, 0) is 19.6 Å². The highest BCUT2D eigenvalue weighted by atomic mass is 32.2. The maximum Gasteiger partial charge on any atom is 0.534 e. The van der Waals surface area contributed by atoms with Crippen LogP contribution in [0, 0.1) is 18.3 Å². The van der Waals surface area contributed by atoms with E-state index in [4.69, 9.17) is 10.00 Å². The van der Waals surface area contributed by atoms with Gasteiger partial charge in [0.1, 0.15) is 0 Å². The van der Waals surface area contributed by atoms with Crippen LogP contribution in [0.25, 0.3) is 10.8 Å². The van der Waals surface area contributed by atoms with E-state index in [0.717, 1.165) is 0 Å². The molecular formula is C19H18F3NO6S. The fourth-order valence-corrected chi connectivity index (χ4v) is 3.25. The van der Waals surface area contributed by atoms with E-state index in [9.17, 15) is 31.5 Å². The number of ether oxygens (including phenoxy) is 1. The lowest BCUT2D eigenvalue weighted by Gasteiger charge is -2.28. The van der Waals surface area contributed by atoms with Gasteiger partial charge in [-0.25, -0.2) is 4.79 Å². The van der Waals surface area contributed by atoms with Gasteiger partial charge in [0.2, 0.25) is 0 Å². The van der Waals surface area contributed by atoms with Crippen LogP contribution >= 0.6 is 0 Å². The number of rotatable bonds is 5. The first-order valence-corrected chi connectivity index (χ1v) is 9.87. The van der Waals surface area contributed by atoms with E-state index < -0.39 is 39.1 Å². The van der Waals surface area contributed by atoms with E-state index in [1.807, 2.05) is 6.07 Å². The lowest BCUT2D eigenvalue weighted by Crippen LogP contribution is -2.31. The zero-order valence-corrected chi connectivity index (χ0v) is 17.2. The molecule has 0 aliphatic rings. The smallest absolute Gasteiger partial charge is 0.479 e. The minimum absolute atomic E-state index is 0.113. The average molecular weight is 445 g/mol. The molecule has 0 aliphatic carbocycles. The molecule has 0 spiro atoms. The van der Waals surface area contributed by atoms with Crippen molar-refractivity contribution in [2.24, 2.45) is 0 Å². The van der Waals surface area contributed by atoms with Crippen molar-refractivity contribution in [3.05, 3.63) is 41.0 Å². The van der Waals surface area contributed by atoms with Crippen molar-refractivity contribution in [2.75, 3.05) is 0 Å². The Morgan fingerprint density at radius 1 is 1.20 bits per heavy atom. The minimum Gasteiger partial charge on any atom is -0.479 e. The third kappa shape index (κ3) is 4.83. The number of nitrogens with zero attached hydrogens (tertiary/aromatic N) is 1. The number of halogens is 3. The third-order valence-corrected chi connectivity index (χ3v) is 4.85. The molecule has 2 aromatic rings. The Morgan fingerprint density at radius 2 is 1.80 bits per heavy atom. The molecule has 0 aliphatic heterocycles. The lowest BCUT2D eigenvalue weighted by atomic mass is 9.95. The number of carboxylic acids is 1. The molecule has 0 saturated carbocycles. The fourth-order valence-electron chi connectivity index (χ4n) is 2.75. The van der Waals surface area contributed by atoms with Crippen molar-refractivity contribution in [1.29, 1.82) is 5.26 Å². The van der Waals surface area contributed by atoms with Crippen molar-refractivity contribution in [1.82, 2.24) is 0 Å². The Hall–Kier alpha value is -2.84. The molecule has 162 valence electrons. The zero-order chi connectivity index (χ0) is 23.1. The maximum absolute atomic E-state index is 13.0. The number of hydrogen-bond acceptors (Lipinski definition) is 6. The zero-order valence-electron chi connectivity index (χ0n) is 16.4. The number of benzene rings is 2. The van der Waals surface area contributed by atoms with Gasteiger partial charge in [0.25, 0.3) is 0 Å². The van der Waals surface area contributed by atoms with Crippen molar-refractivity contribution in [3.63, 3.8) is 0 Å². The molecule has 0 heterocycles. The lowest BCUT2D eigenvalue weighted by molar-refractivity contribution is -0.160. The second-order valence-electron chi connectivity index (χ2n) is 7.42. The van der Waals surface area contributed by atoms with E-state index in [2.05, 4.69) is 4.18 Å². The van der Waals surface area contributed by atoms with Crippen molar-refractivity contribution >= 4 is 26.9 Å². The second kappa shape index (κ2) is 7.77. The second-order valence-corrected chi connectivity index (χ2v) is 8.95. The monoisotopic (exact) mass is 445 g/mol. The summed E-state index contributed by atoms with van der Waals surface area (Å²) in [5.41, 5.74) is -6.87. The summed E-state index contributed by atoms with van der Waals surface area (Å²) in [5.74, 6) is -2.36. The van der Waals surface area contributed by atoms with Gasteiger partial charge in [-0.15, -0.1) is 0 Å². The Balaban J connectivity index is 2.91. The molecule has 1 N–H and O–H groups in total. The van der Waals surface area contributed by atoms with E-state index in [0.29, 0.717) is 0 Å². The van der Waals surface area contributed by atoms with Crippen LogP contribution < -0.4 is 4.18 Å². The summed E-state index contributed by atoms with van der Waals surface area (Å²) in [4.78, 5) is 11.9. The van der Waals surface area contributed by atoms with Gasteiger partial charge in [0.15, 0.2) is 11.9 Å². The molecule has 2 aromatic carbocycles. The standard InChI is InChI=1S/C19H18F3NO6S/c1-10-7-12-8-11(9-23)5-6-13(12)15(29-30(26,27)19(20,21)22)14(10)16(17(24)25)28-18(2,3)4/h5-8,16H,1-4H3,(H,24,25). The molecule has 0 amide bonds. The number of fused-ring (bicyclic) bond motifs is 1. The van der Waals surface area contributed by atoms with Crippen LogP contribution in [0.2, 0.25) is 0 Å². The largest absolute Gasteiger partial charge is 0.534 e. The minimum atomic E-state index is -6.11. The number of hydrogen-bond donors (Lipinski definition) is 1. The number of nitriles is 1. The number of aryl methyl sites for hydroxylation is 1. The topological polar surface area (TPSA) is 114 Å². The molecule has 1 unspecified atom stereocenters. The van der Waals surface area contributed by atoms with Crippen molar-refractivity contribution < 1.29 is 40.4 Å². The summed E-state index contributed by atoms with van der Waals surface area (Å²) in [6.07, 6.45) is -1.82. The summed E-state index contributed by atoms with van der Waals surface area (Å²) in [6.45, 7) is 5.98. The van der Waals surface area contributed by atoms with Crippen LogP contribution in [0.15, 0.2) is 24.3 Å². The van der Waals surface area contributed by atoms with Crippen molar-refractivity contribution in [3.8, 4) is 11.8 Å². The van der Waals surface area contributed by atoms with Crippen LogP contribution in [0.4, 0.5) is 13.2 Å². The maximum atomic E-state index is 13.0. The number of carboxylic acid groups (broad SMARTS) is 1. The molecule has 1 atom stereocenters. The highest BCUT2D eigenvalue weighted by Crippen LogP contribution is 2.42. The van der Waals surface area contributed by atoms with Gasteiger partial charge in [-0.2, -0.15) is 26.9 Å². The molecule has 0 aromatic heterocycles. The molecule has 0 fully saturated rings. The van der Waals surface area contributed by atoms with Gasteiger partial charge in [-0.05, 0) is 56.8 Å². The first-order valence-electron chi connectivity index (χ1n) is 8.46. The predicted octanol–water partition coefficient (Wildman–Crippen LogP) is 4.19. The molecule has 0 saturated heterocycles. The first kappa shape index (κ1) is 23.4. The summed E-state index contributed by atoms with van der Waals surface area (Å²) in [5, 5.41) is 18.8. The van der Waals surface area contributed by atoms with E-state index in [1.165, 1.54) is 52.0 Å². The van der Waals surface area contributed by atoms with Gasteiger partial charge in [-0.1, -0.05) is 6.07 Å². The fraction of sp³-hybridized carbons (Fsp3) is 0.368. The highest BCUT2D eigenvalue weighted by molar-refractivity contribution is 7.88. The molecule has 2 rings (SSSR count). The first-order chi connectivity index (χ1) is 13.6. The van der Waals surface area contributed by atoms with Gasteiger partial charge in [0, 0.05) is 10.9 Å². The van der Waals surface area contributed by atoms with Gasteiger partial charge >= 0.3 is 21.6 Å². The average Bonchev–Trinajstić information content (AvgIpc) is 2.57. The molecule has 7 nitrogen and oxygen atoms in total. The van der Waals surface area contributed by atoms with Crippen LogP contribution in [0.1, 0.15) is 43.6 Å². The molecule has 11 heteroatoms. The predicted molar refractivity (Wildman–Crippen MR) is 100 cm³/mol. The third-order valence-electron chi connectivity index (χ3n) is 3.90. The number of aliphatic carboxylic acids is 1. The summed E-state index contributed by atoms with van der Waals surface area (Å²) >= 11 is 0. The van der Waals surface area contributed by atoms with E-state index in [1.54, 1.807) is 0 Å². The van der Waals surface area contributed by atoms with Crippen LogP contribution in [0.3, 0.4) is 0 Å². The normalized spacial score (nSPS) is 13.7. The highest BCUT2D eigenvalue weighted by Gasteiger charge is 2.49. The number of carbonyl (C=O) groups is 1. The summed E-state index contributed by atoms with van der Waals surface area (Å²) < 4.78 is 72.4. The molecular weight excluding hydrogens is 427 g/mol. The van der Waals surface area contributed by atoms with Gasteiger partial charge in [-0.3, -0.25) is 0 Å². The van der Waals surface area contributed by atoms with Gasteiger partial charge in [0.05, 0.1) is 17.2 Å². The Kier molecular flexibility index (Phi) is 6.07. The van der Waals surface area contributed by atoms with E-state index >= 15 is 0 Å². The molecule has 0 radical (unpaired) electrons. The van der Waals surface area contributed by atoms with Crippen molar-refractivity contribution in [2.45, 2.75) is 44.9 Å².